The van der Waals surface area contributed by atoms with E-state index in [0.717, 1.165) is 35.1 Å². The normalized spacial score (nSPS) is 17.7. The quantitative estimate of drug-likeness (QED) is 0.741. The van der Waals surface area contributed by atoms with Gasteiger partial charge in [-0.15, -0.1) is 0 Å². The van der Waals surface area contributed by atoms with Gasteiger partial charge < -0.3 is 4.98 Å². The maximum Gasteiger partial charge on any atom is 0.161 e. The molecule has 3 heteroatoms. The highest BCUT2D eigenvalue weighted by atomic mass is 16.1. The third-order valence-corrected chi connectivity index (χ3v) is 4.61. The third kappa shape index (κ3) is 3.03. The minimum Gasteiger partial charge on any atom is -0.361 e. The summed E-state index contributed by atoms with van der Waals surface area (Å²) in [5, 5.41) is 1.16. The Morgan fingerprint density at radius 2 is 1.83 bits per heavy atom. The van der Waals surface area contributed by atoms with Crippen molar-refractivity contribution in [2.24, 2.45) is 0 Å². The van der Waals surface area contributed by atoms with E-state index in [9.17, 15) is 4.79 Å². The molecule has 24 heavy (non-hydrogen) atoms. The van der Waals surface area contributed by atoms with E-state index in [1.54, 1.807) is 0 Å². The van der Waals surface area contributed by atoms with Crippen molar-refractivity contribution >= 4 is 22.8 Å². The molecule has 0 aliphatic carbocycles. The maximum atomic E-state index is 12.3. The fourth-order valence-corrected chi connectivity index (χ4v) is 3.33. The molecule has 0 amide bonds. The van der Waals surface area contributed by atoms with Gasteiger partial charge in [0.15, 0.2) is 5.78 Å². The van der Waals surface area contributed by atoms with Crippen LogP contribution in [0, 0.1) is 0 Å². The Hall–Kier alpha value is -2.65. The molecule has 0 bridgehead atoms. The number of piperidine rings is 1. The van der Waals surface area contributed by atoms with Crippen molar-refractivity contribution in [3.8, 4) is 0 Å². The number of likely N-dealkylation sites (tertiary alicyclic amines) is 1. The van der Waals surface area contributed by atoms with Crippen LogP contribution in [0.5, 0.6) is 0 Å². The first-order valence-electron chi connectivity index (χ1n) is 8.36. The van der Waals surface area contributed by atoms with Crippen molar-refractivity contribution < 1.29 is 4.79 Å². The second-order valence-corrected chi connectivity index (χ2v) is 6.33. The van der Waals surface area contributed by atoms with Gasteiger partial charge in [-0.05, 0) is 17.7 Å². The number of rotatable bonds is 3. The number of nitrogens with zero attached hydrogens (tertiary/aromatic N) is 1. The number of hydrogen-bond donors (Lipinski definition) is 1. The van der Waals surface area contributed by atoms with Gasteiger partial charge in [-0.25, -0.2) is 0 Å². The van der Waals surface area contributed by atoms with Gasteiger partial charge in [0.1, 0.15) is 0 Å². The molecule has 3 nitrogen and oxygen atoms in total. The van der Waals surface area contributed by atoms with Gasteiger partial charge in [0.25, 0.3) is 0 Å². The highest BCUT2D eigenvalue weighted by Gasteiger charge is 2.21. The van der Waals surface area contributed by atoms with E-state index in [0.29, 0.717) is 13.0 Å². The van der Waals surface area contributed by atoms with Crippen LogP contribution in [-0.4, -0.2) is 28.8 Å². The van der Waals surface area contributed by atoms with Gasteiger partial charge in [-0.3, -0.25) is 9.69 Å². The van der Waals surface area contributed by atoms with Gasteiger partial charge in [-0.1, -0.05) is 48.5 Å². The molecule has 1 aliphatic heterocycles. The molecule has 0 atom stereocenters. The number of carbonyl (C=O) groups excluding carboxylic acids is 1. The van der Waals surface area contributed by atoms with Gasteiger partial charge in [0.05, 0.1) is 0 Å². The Labute approximate surface area is 141 Å². The number of para-hydroxylation sites is 1. The van der Waals surface area contributed by atoms with Crippen molar-refractivity contribution in [1.29, 1.82) is 0 Å². The predicted molar refractivity (Wildman–Crippen MR) is 97.6 cm³/mol. The largest absolute Gasteiger partial charge is 0.361 e. The second-order valence-electron chi connectivity index (χ2n) is 6.33. The fraction of sp³-hybridized carbons (Fsp3) is 0.190. The van der Waals surface area contributed by atoms with Crippen LogP contribution in [-0.2, 0) is 11.3 Å². The summed E-state index contributed by atoms with van der Waals surface area (Å²) in [6.45, 7) is 2.44. The van der Waals surface area contributed by atoms with Crippen LogP contribution in [0.4, 0.5) is 0 Å². The number of hydrogen-bond acceptors (Lipinski definition) is 2. The first-order chi connectivity index (χ1) is 11.8. The molecule has 0 radical (unpaired) electrons. The Morgan fingerprint density at radius 1 is 1.04 bits per heavy atom. The molecule has 0 saturated carbocycles. The number of ketones is 1. The Bertz CT molecular complexity index is 892. The summed E-state index contributed by atoms with van der Waals surface area (Å²) in [6.07, 6.45) is 4.64. The molecular formula is C21H20N2O. The van der Waals surface area contributed by atoms with Crippen molar-refractivity contribution in [2.45, 2.75) is 13.0 Å². The molecule has 0 spiro atoms. The van der Waals surface area contributed by atoms with E-state index in [1.807, 2.05) is 24.4 Å². The van der Waals surface area contributed by atoms with Gasteiger partial charge in [-0.2, -0.15) is 0 Å². The highest BCUT2D eigenvalue weighted by molar-refractivity contribution is 6.03. The number of benzene rings is 2. The van der Waals surface area contributed by atoms with Crippen LogP contribution in [0.2, 0.25) is 0 Å². The molecule has 120 valence electrons. The van der Waals surface area contributed by atoms with E-state index in [1.165, 1.54) is 5.56 Å². The molecule has 1 saturated heterocycles. The van der Waals surface area contributed by atoms with Crippen LogP contribution in [0.1, 0.15) is 17.5 Å². The molecule has 1 fully saturated rings. The van der Waals surface area contributed by atoms with E-state index >= 15 is 0 Å². The number of fused-ring (bicyclic) bond motifs is 1. The average molecular weight is 316 g/mol. The molecule has 2 heterocycles. The van der Waals surface area contributed by atoms with Crippen molar-refractivity contribution in [1.82, 2.24) is 9.88 Å². The summed E-state index contributed by atoms with van der Waals surface area (Å²) in [5.41, 5.74) is 4.39. The summed E-state index contributed by atoms with van der Waals surface area (Å²) in [7, 11) is 0. The monoisotopic (exact) mass is 316 g/mol. The van der Waals surface area contributed by atoms with Crippen LogP contribution in [0.25, 0.3) is 17.0 Å². The maximum absolute atomic E-state index is 12.3. The fourth-order valence-electron chi connectivity index (χ4n) is 3.33. The van der Waals surface area contributed by atoms with E-state index in [4.69, 9.17) is 0 Å². The lowest BCUT2D eigenvalue weighted by Crippen LogP contribution is -2.35. The summed E-state index contributed by atoms with van der Waals surface area (Å²) in [5.74, 6) is 0.268. The highest BCUT2D eigenvalue weighted by Crippen LogP contribution is 2.23. The summed E-state index contributed by atoms with van der Waals surface area (Å²) < 4.78 is 0. The zero-order chi connectivity index (χ0) is 16.4. The molecule has 3 aromatic rings. The molecule has 1 N–H and O–H groups in total. The van der Waals surface area contributed by atoms with Gasteiger partial charge in [0.2, 0.25) is 0 Å². The van der Waals surface area contributed by atoms with Gasteiger partial charge in [0, 0.05) is 54.3 Å². The molecule has 1 aliphatic rings. The summed E-state index contributed by atoms with van der Waals surface area (Å²) in [6, 6.07) is 18.6. The van der Waals surface area contributed by atoms with E-state index < -0.39 is 0 Å². The molecule has 2 aromatic carbocycles. The van der Waals surface area contributed by atoms with Crippen molar-refractivity contribution in [2.75, 3.05) is 13.1 Å². The van der Waals surface area contributed by atoms with E-state index in [-0.39, 0.29) is 5.78 Å². The second kappa shape index (κ2) is 6.46. The first-order valence-corrected chi connectivity index (χ1v) is 8.36. The third-order valence-electron chi connectivity index (χ3n) is 4.61. The zero-order valence-corrected chi connectivity index (χ0v) is 13.5. The van der Waals surface area contributed by atoms with Crippen LogP contribution in [0.15, 0.2) is 66.4 Å². The van der Waals surface area contributed by atoms with Gasteiger partial charge >= 0.3 is 0 Å². The minimum absolute atomic E-state index is 0.268. The SMILES string of the molecule is O=C1CCN(Cc2ccccc2)C/C1=C\c1c[nH]c2ccccc12. The predicted octanol–water partition coefficient (Wildman–Crippen LogP) is 4.03. The van der Waals surface area contributed by atoms with Crippen LogP contribution >= 0.6 is 0 Å². The lowest BCUT2D eigenvalue weighted by molar-refractivity contribution is -0.117. The van der Waals surface area contributed by atoms with Crippen LogP contribution in [0.3, 0.4) is 0 Å². The Morgan fingerprint density at radius 3 is 2.71 bits per heavy atom. The average Bonchev–Trinajstić information content (AvgIpc) is 3.02. The number of aromatic amines is 1. The van der Waals surface area contributed by atoms with Crippen molar-refractivity contribution in [3.05, 3.63) is 77.5 Å². The molecule has 0 unspecified atom stereocenters. The zero-order valence-electron chi connectivity index (χ0n) is 13.5. The lowest BCUT2D eigenvalue weighted by Gasteiger charge is -2.27. The summed E-state index contributed by atoms with van der Waals surface area (Å²) >= 11 is 0. The minimum atomic E-state index is 0.268. The Balaban J connectivity index is 1.58. The number of carbonyl (C=O) groups is 1. The Kier molecular flexibility index (Phi) is 4.01. The number of aromatic nitrogens is 1. The number of nitrogens with one attached hydrogen (secondary N) is 1. The van der Waals surface area contributed by atoms with E-state index in [2.05, 4.69) is 52.4 Å². The van der Waals surface area contributed by atoms with Crippen LogP contribution < -0.4 is 0 Å². The molecule has 4 rings (SSSR count). The molecule has 1 aromatic heterocycles. The lowest BCUT2D eigenvalue weighted by atomic mass is 9.99. The summed E-state index contributed by atoms with van der Waals surface area (Å²) in [4.78, 5) is 18.0. The molecular weight excluding hydrogens is 296 g/mol. The topological polar surface area (TPSA) is 36.1 Å². The smallest absolute Gasteiger partial charge is 0.161 e. The van der Waals surface area contributed by atoms with Crippen molar-refractivity contribution in [3.63, 3.8) is 0 Å². The first kappa shape index (κ1) is 14.9. The number of H-pyrrole nitrogens is 1. The number of Topliss-reactive ketones (excluding diaryl/α,β-unsaturated/α-hetero) is 1. The standard InChI is InChI=1S/C21H20N2O/c24-21-10-11-23(14-16-6-2-1-3-7-16)15-18(21)12-17-13-22-20-9-5-4-8-19(17)20/h1-9,12-13,22H,10-11,14-15H2/b18-12+.